The maximum absolute atomic E-state index is 5.70. The van der Waals surface area contributed by atoms with Crippen LogP contribution in [0.5, 0.6) is 0 Å². The number of aromatic nitrogens is 2. The lowest BCUT2D eigenvalue weighted by Crippen LogP contribution is -2.27. The Balaban J connectivity index is 2.12. The van der Waals surface area contributed by atoms with Crippen LogP contribution in [0.3, 0.4) is 0 Å². The maximum Gasteiger partial charge on any atom is 0.233 e. The molecule has 1 aliphatic heterocycles. The Bertz CT molecular complexity index is 321. The van der Waals surface area contributed by atoms with E-state index in [-0.39, 0.29) is 11.5 Å². The molecule has 1 atom stereocenters. The molecule has 84 valence electrons. The van der Waals surface area contributed by atoms with Crippen LogP contribution in [-0.4, -0.2) is 16.7 Å². The predicted molar refractivity (Wildman–Crippen MR) is 57.6 cm³/mol. The second kappa shape index (κ2) is 3.93. The Morgan fingerprint density at radius 1 is 1.27 bits per heavy atom. The average molecular weight is 209 g/mol. The van der Waals surface area contributed by atoms with Gasteiger partial charge >= 0.3 is 0 Å². The minimum absolute atomic E-state index is 0.0556. The highest BCUT2D eigenvalue weighted by atomic mass is 16.4. The van der Waals surface area contributed by atoms with E-state index in [1.54, 1.807) is 0 Å². The first kappa shape index (κ1) is 10.6. The quantitative estimate of drug-likeness (QED) is 0.770. The van der Waals surface area contributed by atoms with Crippen molar-refractivity contribution in [3.63, 3.8) is 0 Å². The molecule has 1 fully saturated rings. The Morgan fingerprint density at radius 2 is 2.07 bits per heavy atom. The minimum atomic E-state index is -0.0556. The van der Waals surface area contributed by atoms with Crippen molar-refractivity contribution in [3.8, 4) is 0 Å². The van der Waals surface area contributed by atoms with E-state index in [9.17, 15) is 0 Å². The lowest BCUT2D eigenvalue weighted by Gasteiger charge is -2.20. The lowest BCUT2D eigenvalue weighted by atomic mass is 9.97. The Labute approximate surface area is 90.5 Å². The van der Waals surface area contributed by atoms with E-state index in [1.165, 1.54) is 12.8 Å². The third kappa shape index (κ3) is 2.37. The Hall–Kier alpha value is -0.900. The van der Waals surface area contributed by atoms with Crippen molar-refractivity contribution in [3.05, 3.63) is 11.8 Å². The van der Waals surface area contributed by atoms with Gasteiger partial charge in [0.1, 0.15) is 0 Å². The SMILES string of the molecule is CC(C)(C)c1nnc([C@H]2CCCCN2)o1. The van der Waals surface area contributed by atoms with E-state index in [0.29, 0.717) is 0 Å². The molecular formula is C11H19N3O. The Morgan fingerprint density at radius 3 is 2.60 bits per heavy atom. The number of piperidine rings is 1. The third-order valence-corrected chi connectivity index (χ3v) is 2.69. The van der Waals surface area contributed by atoms with Crippen LogP contribution in [0.2, 0.25) is 0 Å². The van der Waals surface area contributed by atoms with Gasteiger partial charge in [-0.05, 0) is 19.4 Å². The molecule has 1 aromatic rings. The zero-order valence-corrected chi connectivity index (χ0v) is 9.71. The third-order valence-electron chi connectivity index (χ3n) is 2.69. The highest BCUT2D eigenvalue weighted by Gasteiger charge is 2.25. The average Bonchev–Trinajstić information content (AvgIpc) is 2.67. The van der Waals surface area contributed by atoms with E-state index in [0.717, 1.165) is 24.7 Å². The molecule has 4 nitrogen and oxygen atoms in total. The largest absolute Gasteiger partial charge is 0.423 e. The van der Waals surface area contributed by atoms with Gasteiger partial charge in [-0.1, -0.05) is 27.2 Å². The lowest BCUT2D eigenvalue weighted by molar-refractivity contribution is 0.308. The molecule has 4 heteroatoms. The summed E-state index contributed by atoms with van der Waals surface area (Å²) in [4.78, 5) is 0. The monoisotopic (exact) mass is 209 g/mol. The number of nitrogens with zero attached hydrogens (tertiary/aromatic N) is 2. The fraction of sp³-hybridized carbons (Fsp3) is 0.818. The maximum atomic E-state index is 5.70. The van der Waals surface area contributed by atoms with Crippen molar-refractivity contribution >= 4 is 0 Å². The smallest absolute Gasteiger partial charge is 0.233 e. The molecule has 1 saturated heterocycles. The van der Waals surface area contributed by atoms with E-state index < -0.39 is 0 Å². The fourth-order valence-electron chi connectivity index (χ4n) is 1.74. The molecule has 1 aromatic heterocycles. The summed E-state index contributed by atoms with van der Waals surface area (Å²) in [6.45, 7) is 7.30. The number of hydrogen-bond donors (Lipinski definition) is 1. The summed E-state index contributed by atoms with van der Waals surface area (Å²) in [6, 6.07) is 0.266. The van der Waals surface area contributed by atoms with Crippen LogP contribution in [0.25, 0.3) is 0 Å². The highest BCUT2D eigenvalue weighted by molar-refractivity contribution is 4.99. The second-order valence-electron chi connectivity index (χ2n) is 5.20. The molecule has 2 rings (SSSR count). The van der Waals surface area contributed by atoms with Crippen molar-refractivity contribution in [1.29, 1.82) is 0 Å². The minimum Gasteiger partial charge on any atom is -0.423 e. The number of nitrogens with one attached hydrogen (secondary N) is 1. The van der Waals surface area contributed by atoms with Crippen LogP contribution in [0.4, 0.5) is 0 Å². The van der Waals surface area contributed by atoms with E-state index in [2.05, 4.69) is 36.3 Å². The second-order valence-corrected chi connectivity index (χ2v) is 5.20. The van der Waals surface area contributed by atoms with Gasteiger partial charge in [0, 0.05) is 5.41 Å². The molecule has 0 aromatic carbocycles. The van der Waals surface area contributed by atoms with Gasteiger partial charge in [0.2, 0.25) is 11.8 Å². The van der Waals surface area contributed by atoms with Crippen LogP contribution >= 0.6 is 0 Å². The predicted octanol–water partition coefficient (Wildman–Crippen LogP) is 2.18. The summed E-state index contributed by atoms with van der Waals surface area (Å²) in [5.74, 6) is 1.48. The van der Waals surface area contributed by atoms with Crippen molar-refractivity contribution in [2.24, 2.45) is 0 Å². The summed E-state index contributed by atoms with van der Waals surface area (Å²) in [7, 11) is 0. The van der Waals surface area contributed by atoms with Crippen molar-refractivity contribution < 1.29 is 4.42 Å². The van der Waals surface area contributed by atoms with E-state index >= 15 is 0 Å². The molecule has 2 heterocycles. The Kier molecular flexibility index (Phi) is 2.78. The number of hydrogen-bond acceptors (Lipinski definition) is 4. The molecule has 15 heavy (non-hydrogen) atoms. The van der Waals surface area contributed by atoms with Gasteiger partial charge in [-0.25, -0.2) is 0 Å². The summed E-state index contributed by atoms with van der Waals surface area (Å²) in [5.41, 5.74) is -0.0556. The molecule has 0 radical (unpaired) electrons. The molecular weight excluding hydrogens is 190 g/mol. The first-order valence-electron chi connectivity index (χ1n) is 5.64. The molecule has 0 unspecified atom stereocenters. The van der Waals surface area contributed by atoms with Crippen LogP contribution in [0.15, 0.2) is 4.42 Å². The van der Waals surface area contributed by atoms with E-state index in [1.807, 2.05) is 0 Å². The highest BCUT2D eigenvalue weighted by Crippen LogP contribution is 2.26. The number of rotatable bonds is 1. The fourth-order valence-corrected chi connectivity index (χ4v) is 1.74. The van der Waals surface area contributed by atoms with Gasteiger partial charge in [0.25, 0.3) is 0 Å². The topological polar surface area (TPSA) is 51.0 Å². The van der Waals surface area contributed by atoms with Crippen LogP contribution in [-0.2, 0) is 5.41 Å². The molecule has 0 aliphatic carbocycles. The van der Waals surface area contributed by atoms with E-state index in [4.69, 9.17) is 4.42 Å². The van der Waals surface area contributed by atoms with Crippen LogP contribution < -0.4 is 5.32 Å². The summed E-state index contributed by atoms with van der Waals surface area (Å²) in [6.07, 6.45) is 3.59. The van der Waals surface area contributed by atoms with Gasteiger partial charge in [-0.2, -0.15) is 0 Å². The normalized spacial score (nSPS) is 23.0. The molecule has 0 bridgehead atoms. The first-order valence-corrected chi connectivity index (χ1v) is 5.64. The first-order chi connectivity index (χ1) is 7.07. The van der Waals surface area contributed by atoms with Gasteiger partial charge in [0.15, 0.2) is 0 Å². The van der Waals surface area contributed by atoms with Gasteiger partial charge in [-0.3, -0.25) is 0 Å². The molecule has 0 amide bonds. The molecule has 0 saturated carbocycles. The van der Waals surface area contributed by atoms with Crippen molar-refractivity contribution in [2.75, 3.05) is 6.54 Å². The summed E-state index contributed by atoms with van der Waals surface area (Å²) in [5, 5.41) is 11.6. The summed E-state index contributed by atoms with van der Waals surface area (Å²) >= 11 is 0. The van der Waals surface area contributed by atoms with Crippen molar-refractivity contribution in [2.45, 2.75) is 51.5 Å². The van der Waals surface area contributed by atoms with Gasteiger partial charge in [0.05, 0.1) is 6.04 Å². The van der Waals surface area contributed by atoms with Gasteiger partial charge in [-0.15, -0.1) is 10.2 Å². The van der Waals surface area contributed by atoms with Gasteiger partial charge < -0.3 is 9.73 Å². The van der Waals surface area contributed by atoms with Crippen LogP contribution in [0.1, 0.15) is 57.9 Å². The zero-order valence-electron chi connectivity index (χ0n) is 9.71. The zero-order chi connectivity index (χ0) is 10.9. The summed E-state index contributed by atoms with van der Waals surface area (Å²) < 4.78 is 5.70. The van der Waals surface area contributed by atoms with Crippen LogP contribution in [0, 0.1) is 0 Å². The van der Waals surface area contributed by atoms with Crippen molar-refractivity contribution in [1.82, 2.24) is 15.5 Å². The molecule has 0 spiro atoms. The standard InChI is InChI=1S/C11H19N3O/c1-11(2,3)10-14-13-9(15-10)8-6-4-5-7-12-8/h8,12H,4-7H2,1-3H3/t8-/m1/s1. The molecule has 1 aliphatic rings. The molecule has 1 N–H and O–H groups in total.